The van der Waals surface area contributed by atoms with E-state index in [1.807, 2.05) is 0 Å². The molecule has 0 spiro atoms. The van der Waals surface area contributed by atoms with Gasteiger partial charge in [-0.15, -0.1) is 0 Å². The van der Waals surface area contributed by atoms with Gasteiger partial charge in [0.2, 0.25) is 15.9 Å². The lowest BCUT2D eigenvalue weighted by atomic mass is 10.1. The molecule has 1 fully saturated rings. The quantitative estimate of drug-likeness (QED) is 0.479. The molecular formula is C25H34N4O4S. The average Bonchev–Trinajstić information content (AvgIpc) is 2.82. The molecule has 0 aliphatic carbocycles. The van der Waals surface area contributed by atoms with E-state index in [2.05, 4.69) is 27.2 Å². The van der Waals surface area contributed by atoms with Crippen LogP contribution in [0.2, 0.25) is 0 Å². The fourth-order valence-corrected chi connectivity index (χ4v) is 4.99. The van der Waals surface area contributed by atoms with Crippen molar-refractivity contribution in [1.29, 1.82) is 0 Å². The molecule has 8 nitrogen and oxygen atoms in total. The van der Waals surface area contributed by atoms with Gasteiger partial charge in [-0.3, -0.25) is 9.59 Å². The van der Waals surface area contributed by atoms with Gasteiger partial charge in [0.1, 0.15) is 0 Å². The Morgan fingerprint density at radius 1 is 0.971 bits per heavy atom. The molecule has 9 heteroatoms. The van der Waals surface area contributed by atoms with E-state index in [4.69, 9.17) is 0 Å². The summed E-state index contributed by atoms with van der Waals surface area (Å²) in [4.78, 5) is 26.2. The maximum absolute atomic E-state index is 12.5. The second kappa shape index (κ2) is 12.1. The van der Waals surface area contributed by atoms with Crippen molar-refractivity contribution in [2.24, 2.45) is 5.92 Å². The largest absolute Gasteiger partial charge is 0.352 e. The van der Waals surface area contributed by atoms with Crippen LogP contribution in [0.4, 0.5) is 5.69 Å². The predicted octanol–water partition coefficient (Wildman–Crippen LogP) is 2.98. The molecule has 0 bridgehead atoms. The van der Waals surface area contributed by atoms with Gasteiger partial charge >= 0.3 is 0 Å². The van der Waals surface area contributed by atoms with Gasteiger partial charge in [-0.2, -0.15) is 0 Å². The molecule has 1 aliphatic rings. The number of piperidine rings is 1. The molecular weight excluding hydrogens is 452 g/mol. The number of sulfonamides is 1. The third-order valence-corrected chi connectivity index (χ3v) is 7.21. The van der Waals surface area contributed by atoms with E-state index in [1.165, 1.54) is 50.5 Å². The third-order valence-electron chi connectivity index (χ3n) is 5.80. The Kier molecular flexibility index (Phi) is 9.20. The smallest absolute Gasteiger partial charge is 0.251 e. The summed E-state index contributed by atoms with van der Waals surface area (Å²) < 4.78 is 27.6. The molecule has 2 aromatic rings. The Labute approximate surface area is 202 Å². The highest BCUT2D eigenvalue weighted by Crippen LogP contribution is 2.15. The van der Waals surface area contributed by atoms with E-state index in [1.54, 1.807) is 24.3 Å². The zero-order valence-electron chi connectivity index (χ0n) is 19.8. The molecule has 3 rings (SSSR count). The van der Waals surface area contributed by atoms with Gasteiger partial charge in [0, 0.05) is 37.8 Å². The first-order valence-corrected chi connectivity index (χ1v) is 13.2. The molecule has 1 aliphatic heterocycles. The average molecular weight is 487 g/mol. The fraction of sp³-hybridized carbons (Fsp3) is 0.440. The van der Waals surface area contributed by atoms with Crippen LogP contribution in [-0.2, 0) is 21.4 Å². The Morgan fingerprint density at radius 2 is 1.62 bits per heavy atom. The number of benzene rings is 2. The maximum Gasteiger partial charge on any atom is 0.251 e. The summed E-state index contributed by atoms with van der Waals surface area (Å²) in [5.41, 5.74) is 1.82. The van der Waals surface area contributed by atoms with Gasteiger partial charge in [0.25, 0.3) is 5.91 Å². The highest BCUT2D eigenvalue weighted by atomic mass is 32.2. The van der Waals surface area contributed by atoms with Crippen LogP contribution < -0.4 is 15.4 Å². The normalized spacial score (nSPS) is 15.5. The highest BCUT2D eigenvalue weighted by molar-refractivity contribution is 7.89. The number of hydrogen-bond acceptors (Lipinski definition) is 5. The fourth-order valence-electron chi connectivity index (χ4n) is 3.97. The van der Waals surface area contributed by atoms with E-state index < -0.39 is 10.0 Å². The van der Waals surface area contributed by atoms with Crippen LogP contribution in [0.5, 0.6) is 0 Å². The number of rotatable bonds is 10. The molecule has 2 aromatic carbocycles. The van der Waals surface area contributed by atoms with Crippen LogP contribution in [0.15, 0.2) is 53.4 Å². The van der Waals surface area contributed by atoms with Crippen molar-refractivity contribution >= 4 is 27.5 Å². The molecule has 3 N–H and O–H groups in total. The molecule has 34 heavy (non-hydrogen) atoms. The number of amides is 2. The minimum atomic E-state index is -3.71. The number of nitrogens with zero attached hydrogens (tertiary/aromatic N) is 1. The minimum absolute atomic E-state index is 0.102. The van der Waals surface area contributed by atoms with Crippen molar-refractivity contribution in [2.45, 2.75) is 44.6 Å². The number of carbonyl (C=O) groups excluding carboxylic acids is 2. The van der Waals surface area contributed by atoms with E-state index >= 15 is 0 Å². The van der Waals surface area contributed by atoms with Gasteiger partial charge in [-0.1, -0.05) is 25.5 Å². The monoisotopic (exact) mass is 486 g/mol. The van der Waals surface area contributed by atoms with Gasteiger partial charge < -0.3 is 15.5 Å². The summed E-state index contributed by atoms with van der Waals surface area (Å²) in [6.45, 7) is 7.55. The van der Waals surface area contributed by atoms with Crippen molar-refractivity contribution in [2.75, 3.05) is 31.5 Å². The second-order valence-corrected chi connectivity index (χ2v) is 10.7. The molecule has 1 heterocycles. The molecule has 0 aromatic heterocycles. The lowest BCUT2D eigenvalue weighted by molar-refractivity contribution is -0.114. The number of anilines is 1. The van der Waals surface area contributed by atoms with Crippen molar-refractivity contribution in [3.63, 3.8) is 0 Å². The van der Waals surface area contributed by atoms with Crippen molar-refractivity contribution in [3.05, 3.63) is 59.7 Å². The summed E-state index contributed by atoms with van der Waals surface area (Å²) in [7, 11) is -3.71. The van der Waals surface area contributed by atoms with Crippen molar-refractivity contribution in [1.82, 2.24) is 14.9 Å². The number of likely N-dealkylation sites (tertiary alicyclic amines) is 1. The lowest BCUT2D eigenvalue weighted by Crippen LogP contribution is -2.38. The van der Waals surface area contributed by atoms with Crippen LogP contribution >= 0.6 is 0 Å². The van der Waals surface area contributed by atoms with Crippen LogP contribution in [0.3, 0.4) is 0 Å². The molecule has 1 unspecified atom stereocenters. The molecule has 2 amide bonds. The Balaban J connectivity index is 1.47. The molecule has 1 saturated heterocycles. The summed E-state index contributed by atoms with van der Waals surface area (Å²) in [5, 5.41) is 5.60. The van der Waals surface area contributed by atoms with Crippen LogP contribution in [-0.4, -0.2) is 51.3 Å². The van der Waals surface area contributed by atoms with E-state index in [0.29, 0.717) is 23.7 Å². The number of carbonyl (C=O) groups is 2. The van der Waals surface area contributed by atoms with E-state index in [0.717, 1.165) is 25.2 Å². The predicted molar refractivity (Wildman–Crippen MR) is 133 cm³/mol. The molecule has 184 valence electrons. The zero-order chi connectivity index (χ0) is 24.6. The number of hydrogen-bond donors (Lipinski definition) is 3. The standard InChI is InChI=1S/C25H34N4O4S/c1-19(18-29-14-4-3-5-15-29)16-26-25(31)22-8-6-21(7-9-22)17-27-34(32,33)24-12-10-23(11-13-24)28-20(2)30/h6-13,19,27H,3-5,14-18H2,1-2H3,(H,26,31)(H,28,30). The van der Waals surface area contributed by atoms with Crippen LogP contribution in [0.25, 0.3) is 0 Å². The number of nitrogens with one attached hydrogen (secondary N) is 3. The minimum Gasteiger partial charge on any atom is -0.352 e. The second-order valence-electron chi connectivity index (χ2n) is 8.90. The molecule has 0 radical (unpaired) electrons. The molecule has 1 atom stereocenters. The Morgan fingerprint density at radius 3 is 2.24 bits per heavy atom. The first-order chi connectivity index (χ1) is 16.2. The van der Waals surface area contributed by atoms with Crippen LogP contribution in [0, 0.1) is 5.92 Å². The first kappa shape index (κ1) is 25.9. The first-order valence-electron chi connectivity index (χ1n) is 11.7. The zero-order valence-corrected chi connectivity index (χ0v) is 20.7. The summed E-state index contributed by atoms with van der Waals surface area (Å²) in [6.07, 6.45) is 3.82. The third kappa shape index (κ3) is 7.93. The Bertz CT molecular complexity index is 1060. The Hall–Kier alpha value is -2.75. The van der Waals surface area contributed by atoms with Gasteiger partial charge in [-0.25, -0.2) is 13.1 Å². The van der Waals surface area contributed by atoms with Gasteiger partial charge in [0.05, 0.1) is 4.90 Å². The van der Waals surface area contributed by atoms with E-state index in [-0.39, 0.29) is 23.3 Å². The summed E-state index contributed by atoms with van der Waals surface area (Å²) >= 11 is 0. The topological polar surface area (TPSA) is 108 Å². The summed E-state index contributed by atoms with van der Waals surface area (Å²) in [6, 6.07) is 12.9. The summed E-state index contributed by atoms with van der Waals surface area (Å²) in [5.74, 6) is 0.0257. The maximum atomic E-state index is 12.5. The van der Waals surface area contributed by atoms with Gasteiger partial charge in [-0.05, 0) is 73.8 Å². The van der Waals surface area contributed by atoms with Gasteiger partial charge in [0.15, 0.2) is 0 Å². The van der Waals surface area contributed by atoms with Crippen LogP contribution in [0.1, 0.15) is 49.0 Å². The highest BCUT2D eigenvalue weighted by Gasteiger charge is 2.16. The van der Waals surface area contributed by atoms with E-state index in [9.17, 15) is 18.0 Å². The lowest BCUT2D eigenvalue weighted by Gasteiger charge is -2.29. The van der Waals surface area contributed by atoms with Crippen molar-refractivity contribution < 1.29 is 18.0 Å². The molecule has 0 saturated carbocycles. The van der Waals surface area contributed by atoms with Crippen molar-refractivity contribution in [3.8, 4) is 0 Å². The SMILES string of the molecule is CC(=O)Nc1ccc(S(=O)(=O)NCc2ccc(C(=O)NCC(C)CN3CCCCC3)cc2)cc1.